The number of tetrazole rings is 1. The number of hydrogen-bond acceptors (Lipinski definition) is 12. The maximum atomic E-state index is 14.2. The van der Waals surface area contributed by atoms with Crippen LogP contribution in [0.15, 0.2) is 77.1 Å². The molecule has 1 aromatic heterocycles. The minimum absolute atomic E-state index is 0.194. The summed E-state index contributed by atoms with van der Waals surface area (Å²) in [5.41, 5.74) is 1.85. The molecule has 0 aliphatic carbocycles. The first-order valence-electron chi connectivity index (χ1n) is 16.8. The van der Waals surface area contributed by atoms with Crippen LogP contribution in [0.5, 0.6) is 0 Å². The lowest BCUT2D eigenvalue weighted by Crippen LogP contribution is -2.70. The lowest BCUT2D eigenvalue weighted by molar-refractivity contribution is -0.164. The van der Waals surface area contributed by atoms with E-state index in [0.29, 0.717) is 42.8 Å². The van der Waals surface area contributed by atoms with Crippen LogP contribution >= 0.6 is 23.5 Å². The van der Waals surface area contributed by atoms with Crippen molar-refractivity contribution in [1.82, 2.24) is 30.4 Å². The van der Waals surface area contributed by atoms with Gasteiger partial charge in [-0.25, -0.2) is 14.3 Å². The second-order valence-electron chi connectivity index (χ2n) is 13.0. The number of hydrogen-bond donors (Lipinski definition) is 1. The smallest absolute Gasteiger partial charge is 0.408 e. The van der Waals surface area contributed by atoms with E-state index < -0.39 is 41.1 Å². The van der Waals surface area contributed by atoms with Gasteiger partial charge < -0.3 is 24.3 Å². The van der Waals surface area contributed by atoms with Crippen molar-refractivity contribution in [3.05, 3.63) is 83.1 Å². The number of β-lactam (4-membered cyclic amide) rings is 1. The summed E-state index contributed by atoms with van der Waals surface area (Å²) in [7, 11) is 0. The van der Waals surface area contributed by atoms with Gasteiger partial charge in [0.25, 0.3) is 5.91 Å². The number of alkyl carbamates (subject to hydrolysis) is 1. The minimum Gasteiger partial charge on any atom is -0.448 e. The topological polar surface area (TPSA) is 147 Å². The zero-order valence-corrected chi connectivity index (χ0v) is 30.0. The van der Waals surface area contributed by atoms with E-state index in [2.05, 4.69) is 20.8 Å². The zero-order chi connectivity index (χ0) is 35.1. The largest absolute Gasteiger partial charge is 0.448 e. The van der Waals surface area contributed by atoms with Gasteiger partial charge in [-0.2, -0.15) is 0 Å². The molecule has 15 heteroatoms. The SMILES string of the molecule is CC(C)(C)OC(=O)N[C@@H]1C(=O)N2C(C(=O)OC(c3ccccc3)c3ccccc3)=C(CCSc3nnnn3CCOC3CCCCO3)CS[C@H]12. The first kappa shape index (κ1) is 35.9. The number of carbonyl (C=O) groups is 3. The van der Waals surface area contributed by atoms with E-state index in [1.165, 1.54) is 28.4 Å². The van der Waals surface area contributed by atoms with Crippen molar-refractivity contribution >= 4 is 41.5 Å². The normalized spacial score (nSPS) is 20.7. The van der Waals surface area contributed by atoms with Crippen LogP contribution in [0, 0.1) is 0 Å². The summed E-state index contributed by atoms with van der Waals surface area (Å²) >= 11 is 2.94. The quantitative estimate of drug-likeness (QED) is 0.142. The Morgan fingerprint density at radius 2 is 1.80 bits per heavy atom. The highest BCUT2D eigenvalue weighted by atomic mass is 32.2. The number of fused-ring (bicyclic) bond motifs is 1. The maximum Gasteiger partial charge on any atom is 0.408 e. The van der Waals surface area contributed by atoms with Gasteiger partial charge in [0.1, 0.15) is 22.7 Å². The number of aromatic nitrogens is 4. The third kappa shape index (κ3) is 8.86. The molecule has 50 heavy (non-hydrogen) atoms. The van der Waals surface area contributed by atoms with Crippen LogP contribution in [-0.2, 0) is 35.1 Å². The Bertz CT molecular complexity index is 1620. The standard InChI is InChI=1S/C35H42N6O7S2/c1-35(2,3)48-34(44)36-27-30(42)41-28(32(43)47-29(23-12-6-4-7-13-23)24-14-8-5-9-15-24)25(22-50-31(27)41)17-21-49-33-37-38-39-40(33)18-20-46-26-16-10-11-19-45-26/h4-9,12-15,26-27,29,31H,10-11,16-22H2,1-3H3,(H,36,44)/t26?,27-,31-/m1/s1. The molecular weight excluding hydrogens is 681 g/mol. The molecule has 3 atom stereocenters. The Kier molecular flexibility index (Phi) is 11.8. The van der Waals surface area contributed by atoms with Crippen LogP contribution in [0.25, 0.3) is 0 Å². The van der Waals surface area contributed by atoms with Crippen LogP contribution < -0.4 is 5.32 Å². The van der Waals surface area contributed by atoms with E-state index in [1.54, 1.807) is 25.5 Å². The summed E-state index contributed by atoms with van der Waals surface area (Å²) in [5.74, 6) is 0.0104. The highest BCUT2D eigenvalue weighted by Gasteiger charge is 2.55. The summed E-state index contributed by atoms with van der Waals surface area (Å²) in [5, 5.41) is 15.0. The fraction of sp³-hybridized carbons (Fsp3) is 0.486. The van der Waals surface area contributed by atoms with E-state index in [-0.39, 0.29) is 12.0 Å². The summed E-state index contributed by atoms with van der Waals surface area (Å²) < 4.78 is 24.9. The van der Waals surface area contributed by atoms with E-state index in [4.69, 9.17) is 18.9 Å². The van der Waals surface area contributed by atoms with Crippen molar-refractivity contribution in [2.24, 2.45) is 0 Å². The second-order valence-corrected chi connectivity index (χ2v) is 15.2. The molecule has 6 rings (SSSR count). The van der Waals surface area contributed by atoms with Crippen molar-refractivity contribution in [3.8, 4) is 0 Å². The molecule has 3 aliphatic heterocycles. The van der Waals surface area contributed by atoms with Gasteiger partial charge >= 0.3 is 12.1 Å². The summed E-state index contributed by atoms with van der Waals surface area (Å²) in [4.78, 5) is 42.0. The first-order chi connectivity index (χ1) is 24.2. The van der Waals surface area contributed by atoms with E-state index in [1.807, 2.05) is 60.7 Å². The molecule has 0 bridgehead atoms. The van der Waals surface area contributed by atoms with Gasteiger partial charge in [-0.05, 0) is 73.6 Å². The fourth-order valence-corrected chi connectivity index (χ4v) is 8.15. The van der Waals surface area contributed by atoms with Crippen molar-refractivity contribution in [3.63, 3.8) is 0 Å². The maximum absolute atomic E-state index is 14.2. The number of thioether (sulfide) groups is 2. The molecule has 2 fully saturated rings. The Morgan fingerprint density at radius 3 is 2.46 bits per heavy atom. The predicted octanol–water partition coefficient (Wildman–Crippen LogP) is 5.09. The molecular formula is C35H42N6O7S2. The van der Waals surface area contributed by atoms with Gasteiger partial charge in [-0.3, -0.25) is 9.69 Å². The lowest BCUT2D eigenvalue weighted by atomic mass is 10.00. The van der Waals surface area contributed by atoms with E-state index in [0.717, 1.165) is 36.0 Å². The summed E-state index contributed by atoms with van der Waals surface area (Å²) in [6.45, 7) is 6.87. The van der Waals surface area contributed by atoms with Gasteiger partial charge in [-0.1, -0.05) is 72.4 Å². The third-order valence-corrected chi connectivity index (χ3v) is 10.5. The summed E-state index contributed by atoms with van der Waals surface area (Å²) in [6, 6.07) is 18.2. The molecule has 1 N–H and O–H groups in total. The van der Waals surface area contributed by atoms with Crippen molar-refractivity contribution in [1.29, 1.82) is 0 Å². The van der Waals surface area contributed by atoms with Crippen LogP contribution in [0.4, 0.5) is 4.79 Å². The van der Waals surface area contributed by atoms with Crippen molar-refractivity contribution in [2.45, 2.75) is 87.6 Å². The van der Waals surface area contributed by atoms with Crippen LogP contribution in [-0.4, -0.2) is 91.1 Å². The molecule has 0 spiro atoms. The minimum atomic E-state index is -0.835. The number of ether oxygens (including phenoxy) is 4. The molecule has 2 aromatic carbocycles. The number of amides is 2. The number of carbonyl (C=O) groups excluding carboxylic acids is 3. The molecule has 2 saturated heterocycles. The molecule has 3 aliphatic rings. The Morgan fingerprint density at radius 1 is 1.08 bits per heavy atom. The van der Waals surface area contributed by atoms with E-state index >= 15 is 0 Å². The van der Waals surface area contributed by atoms with Crippen molar-refractivity contribution < 1.29 is 33.3 Å². The molecule has 1 unspecified atom stereocenters. The van der Waals surface area contributed by atoms with Crippen molar-refractivity contribution in [2.75, 3.05) is 24.7 Å². The number of esters is 1. The average Bonchev–Trinajstić information content (AvgIpc) is 3.56. The predicted molar refractivity (Wildman–Crippen MR) is 187 cm³/mol. The molecule has 13 nitrogen and oxygen atoms in total. The van der Waals surface area contributed by atoms with Crippen LogP contribution in [0.1, 0.15) is 63.7 Å². The first-order valence-corrected chi connectivity index (χ1v) is 18.8. The van der Waals surface area contributed by atoms with Crippen LogP contribution in [0.2, 0.25) is 0 Å². The summed E-state index contributed by atoms with van der Waals surface area (Å²) in [6.07, 6.45) is 1.92. The van der Waals surface area contributed by atoms with Gasteiger partial charge in [0.15, 0.2) is 12.4 Å². The number of rotatable bonds is 13. The van der Waals surface area contributed by atoms with Gasteiger partial charge in [0.2, 0.25) is 5.16 Å². The van der Waals surface area contributed by atoms with Gasteiger partial charge in [-0.15, -0.1) is 16.9 Å². The second kappa shape index (κ2) is 16.4. The van der Waals surface area contributed by atoms with Gasteiger partial charge in [0.05, 0.1) is 13.2 Å². The third-order valence-electron chi connectivity index (χ3n) is 8.22. The highest BCUT2D eigenvalue weighted by Crippen LogP contribution is 2.43. The molecule has 3 aromatic rings. The molecule has 266 valence electrons. The molecule has 0 saturated carbocycles. The average molecular weight is 723 g/mol. The number of nitrogens with one attached hydrogen (secondary N) is 1. The number of nitrogens with zero attached hydrogens (tertiary/aromatic N) is 5. The van der Waals surface area contributed by atoms with Crippen LogP contribution in [0.3, 0.4) is 0 Å². The Hall–Kier alpha value is -3.92. The number of benzene rings is 2. The van der Waals surface area contributed by atoms with E-state index in [9.17, 15) is 14.4 Å². The molecule has 4 heterocycles. The lowest BCUT2D eigenvalue weighted by Gasteiger charge is -2.49. The van der Waals surface area contributed by atoms with Gasteiger partial charge in [0, 0.05) is 18.1 Å². The molecule has 0 radical (unpaired) electrons. The molecule has 2 amide bonds. The fourth-order valence-electron chi connectivity index (χ4n) is 5.86. The Labute approximate surface area is 299 Å². The zero-order valence-electron chi connectivity index (χ0n) is 28.4. The Balaban J connectivity index is 1.19. The monoisotopic (exact) mass is 722 g/mol. The highest BCUT2D eigenvalue weighted by molar-refractivity contribution is 8.00.